The Labute approximate surface area is 107 Å². The predicted octanol–water partition coefficient (Wildman–Crippen LogP) is 3.20. The van der Waals surface area contributed by atoms with Crippen molar-refractivity contribution in [3.8, 4) is 0 Å². The highest BCUT2D eigenvalue weighted by molar-refractivity contribution is 5.73. The van der Waals surface area contributed by atoms with E-state index in [4.69, 9.17) is 4.42 Å². The van der Waals surface area contributed by atoms with Crippen molar-refractivity contribution in [2.75, 3.05) is 6.54 Å². The van der Waals surface area contributed by atoms with E-state index < -0.39 is 0 Å². The highest BCUT2D eigenvalue weighted by Crippen LogP contribution is 2.44. The van der Waals surface area contributed by atoms with Gasteiger partial charge in [-0.25, -0.2) is 4.98 Å². The average Bonchev–Trinajstić information content (AvgIpc) is 3.00. The third-order valence-corrected chi connectivity index (χ3v) is 4.57. The monoisotopic (exact) mass is 242 g/mol. The molecule has 1 aromatic heterocycles. The third-order valence-electron chi connectivity index (χ3n) is 4.57. The minimum absolute atomic E-state index is 0.338. The van der Waals surface area contributed by atoms with Gasteiger partial charge in [0, 0.05) is 0 Å². The van der Waals surface area contributed by atoms with Crippen LogP contribution in [0.25, 0.3) is 11.1 Å². The van der Waals surface area contributed by atoms with Gasteiger partial charge in [0.25, 0.3) is 0 Å². The molecule has 1 saturated heterocycles. The zero-order valence-electron chi connectivity index (χ0n) is 10.6. The molecule has 2 heterocycles. The smallest absolute Gasteiger partial charge is 0.212 e. The van der Waals surface area contributed by atoms with Crippen molar-refractivity contribution in [3.05, 3.63) is 29.7 Å². The standard InChI is InChI=1S/C15H18N2O/c1-9-5-6-13-12(7-9)17-15(18-13)14-11-4-2-3-10(11)8-16-14/h5-7,10-11,14,16H,2-4,8H2,1H3. The van der Waals surface area contributed by atoms with Crippen molar-refractivity contribution in [2.45, 2.75) is 32.2 Å². The quantitative estimate of drug-likeness (QED) is 0.834. The maximum atomic E-state index is 5.94. The largest absolute Gasteiger partial charge is 0.439 e. The van der Waals surface area contributed by atoms with Crippen molar-refractivity contribution in [1.82, 2.24) is 10.3 Å². The van der Waals surface area contributed by atoms with Crippen LogP contribution in [0, 0.1) is 18.8 Å². The van der Waals surface area contributed by atoms with Crippen LogP contribution in [0.2, 0.25) is 0 Å². The summed E-state index contributed by atoms with van der Waals surface area (Å²) in [7, 11) is 0. The zero-order chi connectivity index (χ0) is 12.1. The van der Waals surface area contributed by atoms with Crippen LogP contribution in [-0.2, 0) is 0 Å². The molecule has 0 bridgehead atoms. The summed E-state index contributed by atoms with van der Waals surface area (Å²) in [5.41, 5.74) is 3.15. The Morgan fingerprint density at radius 1 is 1.33 bits per heavy atom. The predicted molar refractivity (Wildman–Crippen MR) is 70.3 cm³/mol. The van der Waals surface area contributed by atoms with Crippen molar-refractivity contribution < 1.29 is 4.42 Å². The van der Waals surface area contributed by atoms with Crippen LogP contribution in [0.1, 0.15) is 36.8 Å². The number of aromatic nitrogens is 1. The minimum Gasteiger partial charge on any atom is -0.439 e. The molecule has 0 spiro atoms. The van der Waals surface area contributed by atoms with Gasteiger partial charge in [-0.3, -0.25) is 0 Å². The number of hydrogen-bond donors (Lipinski definition) is 1. The van der Waals surface area contributed by atoms with E-state index in [2.05, 4.69) is 29.4 Å². The number of oxazole rings is 1. The highest BCUT2D eigenvalue weighted by atomic mass is 16.3. The fourth-order valence-corrected chi connectivity index (χ4v) is 3.65. The fourth-order valence-electron chi connectivity index (χ4n) is 3.65. The first-order valence-corrected chi connectivity index (χ1v) is 6.92. The van der Waals surface area contributed by atoms with Gasteiger partial charge < -0.3 is 9.73 Å². The van der Waals surface area contributed by atoms with Crippen LogP contribution < -0.4 is 5.32 Å². The molecule has 0 radical (unpaired) electrons. The number of benzene rings is 1. The van der Waals surface area contributed by atoms with Crippen LogP contribution >= 0.6 is 0 Å². The Bertz CT molecular complexity index is 589. The molecule has 1 aromatic carbocycles. The molecule has 3 nitrogen and oxygen atoms in total. The maximum Gasteiger partial charge on any atom is 0.212 e. The van der Waals surface area contributed by atoms with Gasteiger partial charge in [-0.1, -0.05) is 12.5 Å². The summed E-state index contributed by atoms with van der Waals surface area (Å²) in [6, 6.07) is 6.55. The lowest BCUT2D eigenvalue weighted by Gasteiger charge is -2.13. The van der Waals surface area contributed by atoms with E-state index in [0.717, 1.165) is 35.4 Å². The van der Waals surface area contributed by atoms with E-state index >= 15 is 0 Å². The van der Waals surface area contributed by atoms with Gasteiger partial charge >= 0.3 is 0 Å². The Morgan fingerprint density at radius 2 is 2.28 bits per heavy atom. The van der Waals surface area contributed by atoms with Gasteiger partial charge in [-0.2, -0.15) is 0 Å². The molecule has 3 heteroatoms. The molecular weight excluding hydrogens is 224 g/mol. The highest BCUT2D eigenvalue weighted by Gasteiger charge is 2.41. The van der Waals surface area contributed by atoms with Crippen LogP contribution in [0.15, 0.2) is 22.6 Å². The van der Waals surface area contributed by atoms with Gasteiger partial charge in [0.05, 0.1) is 6.04 Å². The lowest BCUT2D eigenvalue weighted by Crippen LogP contribution is -2.17. The summed E-state index contributed by atoms with van der Waals surface area (Å²) in [6.07, 6.45) is 4.06. The summed E-state index contributed by atoms with van der Waals surface area (Å²) in [5, 5.41) is 3.59. The molecule has 1 aliphatic carbocycles. The summed E-state index contributed by atoms with van der Waals surface area (Å²) < 4.78 is 5.94. The Morgan fingerprint density at radius 3 is 3.22 bits per heavy atom. The van der Waals surface area contributed by atoms with Crippen LogP contribution in [0.5, 0.6) is 0 Å². The van der Waals surface area contributed by atoms with Gasteiger partial charge in [0.2, 0.25) is 5.89 Å². The zero-order valence-corrected chi connectivity index (χ0v) is 10.6. The number of aryl methyl sites for hydroxylation is 1. The Balaban J connectivity index is 1.74. The van der Waals surface area contributed by atoms with E-state index in [0.29, 0.717) is 6.04 Å². The lowest BCUT2D eigenvalue weighted by atomic mass is 9.94. The van der Waals surface area contributed by atoms with Crippen LogP contribution in [0.3, 0.4) is 0 Å². The van der Waals surface area contributed by atoms with E-state index in [9.17, 15) is 0 Å². The Kier molecular flexibility index (Phi) is 2.24. The van der Waals surface area contributed by atoms with Crippen molar-refractivity contribution in [2.24, 2.45) is 11.8 Å². The molecular formula is C15H18N2O. The van der Waals surface area contributed by atoms with Gasteiger partial charge in [0.15, 0.2) is 5.58 Å². The van der Waals surface area contributed by atoms with E-state index in [-0.39, 0.29) is 0 Å². The molecule has 0 amide bonds. The van der Waals surface area contributed by atoms with Gasteiger partial charge in [0.1, 0.15) is 5.52 Å². The van der Waals surface area contributed by atoms with Crippen molar-refractivity contribution in [1.29, 1.82) is 0 Å². The fraction of sp³-hybridized carbons (Fsp3) is 0.533. The minimum atomic E-state index is 0.338. The molecule has 1 saturated carbocycles. The first kappa shape index (κ1) is 10.6. The van der Waals surface area contributed by atoms with E-state index in [1.54, 1.807) is 0 Å². The molecule has 2 aromatic rings. The number of nitrogens with one attached hydrogen (secondary N) is 1. The second kappa shape index (κ2) is 3.82. The summed E-state index contributed by atoms with van der Waals surface area (Å²) in [5.74, 6) is 2.47. The number of rotatable bonds is 1. The van der Waals surface area contributed by atoms with Crippen molar-refractivity contribution in [3.63, 3.8) is 0 Å². The summed E-state index contributed by atoms with van der Waals surface area (Å²) in [4.78, 5) is 4.69. The van der Waals surface area contributed by atoms with Gasteiger partial charge in [-0.05, 0) is 55.8 Å². The first-order valence-electron chi connectivity index (χ1n) is 6.92. The molecule has 1 N–H and O–H groups in total. The molecule has 3 unspecified atom stereocenters. The molecule has 2 aliphatic rings. The molecule has 1 aliphatic heterocycles. The molecule has 4 rings (SSSR count). The van der Waals surface area contributed by atoms with Gasteiger partial charge in [-0.15, -0.1) is 0 Å². The average molecular weight is 242 g/mol. The maximum absolute atomic E-state index is 5.94. The number of hydrogen-bond acceptors (Lipinski definition) is 3. The van der Waals surface area contributed by atoms with E-state index in [1.165, 1.54) is 24.8 Å². The molecule has 3 atom stereocenters. The lowest BCUT2D eigenvalue weighted by molar-refractivity contribution is 0.356. The topological polar surface area (TPSA) is 38.1 Å². The van der Waals surface area contributed by atoms with E-state index in [1.807, 2.05) is 6.07 Å². The Hall–Kier alpha value is -1.35. The summed E-state index contributed by atoms with van der Waals surface area (Å²) in [6.45, 7) is 3.22. The molecule has 94 valence electrons. The van der Waals surface area contributed by atoms with Crippen LogP contribution in [0.4, 0.5) is 0 Å². The second-order valence-electron chi connectivity index (χ2n) is 5.76. The third kappa shape index (κ3) is 1.50. The summed E-state index contributed by atoms with van der Waals surface area (Å²) >= 11 is 0. The van der Waals surface area contributed by atoms with Crippen LogP contribution in [-0.4, -0.2) is 11.5 Å². The normalized spacial score (nSPS) is 31.1. The van der Waals surface area contributed by atoms with Crippen molar-refractivity contribution >= 4 is 11.1 Å². The SMILES string of the molecule is Cc1ccc2oc(C3NCC4CCCC43)nc2c1. The molecule has 18 heavy (non-hydrogen) atoms. The number of fused-ring (bicyclic) bond motifs is 2. The molecule has 2 fully saturated rings. The first-order chi connectivity index (χ1) is 8.81. The second-order valence-corrected chi connectivity index (χ2v) is 5.76. The number of nitrogens with zero attached hydrogens (tertiary/aromatic N) is 1.